The average Bonchev–Trinajstić information content (AvgIpc) is 2.90. The van der Waals surface area contributed by atoms with Crippen LogP contribution in [0.5, 0.6) is 5.75 Å². The van der Waals surface area contributed by atoms with Gasteiger partial charge in [-0.25, -0.2) is 8.42 Å². The minimum absolute atomic E-state index is 0.0108. The van der Waals surface area contributed by atoms with E-state index in [0.717, 1.165) is 40.7 Å². The number of ether oxygens (including phenoxy) is 1. The van der Waals surface area contributed by atoms with Gasteiger partial charge in [0.05, 0.1) is 6.10 Å². The normalized spacial score (nSPS) is 12.3. The van der Waals surface area contributed by atoms with Gasteiger partial charge in [-0.1, -0.05) is 103 Å². The van der Waals surface area contributed by atoms with Crippen molar-refractivity contribution in [3.63, 3.8) is 0 Å². The zero-order valence-corrected chi connectivity index (χ0v) is 24.8. The van der Waals surface area contributed by atoms with Crippen molar-refractivity contribution in [3.05, 3.63) is 101 Å². The van der Waals surface area contributed by atoms with Crippen molar-refractivity contribution in [1.82, 2.24) is 0 Å². The van der Waals surface area contributed by atoms with Crippen molar-refractivity contribution in [3.8, 4) is 5.75 Å². The summed E-state index contributed by atoms with van der Waals surface area (Å²) in [7, 11) is 1.78. The molecule has 3 nitrogen and oxygen atoms in total. The summed E-state index contributed by atoms with van der Waals surface area (Å²) in [5.74, 6) is 0.290. The van der Waals surface area contributed by atoms with Crippen LogP contribution in [0.15, 0.2) is 78.2 Å². The highest BCUT2D eigenvalue weighted by molar-refractivity contribution is 8.13. The molecule has 0 saturated carbocycles. The lowest BCUT2D eigenvalue weighted by atomic mass is 9.81. The summed E-state index contributed by atoms with van der Waals surface area (Å²) < 4.78 is 30.1. The molecule has 3 rings (SSSR count). The molecule has 0 amide bonds. The standard InChI is InChI=1S/C30H35ClO3S.C2H6/c1-7-21(3)34-28-18-11-24(20-29(28)35(31,32)33)19-23-9-12-25(13-10-23)22(4)26-14-16-27(17-15-26)30(5,6)8-2;1-2/h9-18,20-21H,4,7-8,19H2,1-3,5-6H3;1-2H3. The van der Waals surface area contributed by atoms with Crippen molar-refractivity contribution in [2.45, 2.75) is 84.1 Å². The monoisotopic (exact) mass is 540 g/mol. The number of benzene rings is 3. The lowest BCUT2D eigenvalue weighted by molar-refractivity contribution is 0.212. The van der Waals surface area contributed by atoms with Crippen LogP contribution in [-0.2, 0) is 20.9 Å². The molecule has 0 spiro atoms. The minimum atomic E-state index is -3.93. The van der Waals surface area contributed by atoms with Gasteiger partial charge in [-0.05, 0) is 77.1 Å². The molecule has 0 aliphatic carbocycles. The van der Waals surface area contributed by atoms with E-state index in [1.807, 2.05) is 45.9 Å². The predicted octanol–water partition coefficient (Wildman–Crippen LogP) is 9.16. The Hall–Kier alpha value is -2.56. The second-order valence-electron chi connectivity index (χ2n) is 9.72. The Kier molecular flexibility index (Phi) is 11.0. The second-order valence-corrected chi connectivity index (χ2v) is 12.3. The van der Waals surface area contributed by atoms with Crippen LogP contribution in [0.2, 0.25) is 0 Å². The summed E-state index contributed by atoms with van der Waals surface area (Å²) in [6.45, 7) is 18.9. The van der Waals surface area contributed by atoms with Crippen LogP contribution in [0, 0.1) is 0 Å². The van der Waals surface area contributed by atoms with E-state index in [1.165, 1.54) is 5.56 Å². The number of hydrogen-bond acceptors (Lipinski definition) is 3. The van der Waals surface area contributed by atoms with E-state index in [9.17, 15) is 8.42 Å². The SMILES string of the molecule is C=C(c1ccc(Cc2ccc(OC(C)CC)c(S(=O)(=O)Cl)c2)cc1)c1ccc(C(C)(C)CC)cc1.CC. The zero-order chi connectivity index (χ0) is 27.8. The van der Waals surface area contributed by atoms with Gasteiger partial charge in [0, 0.05) is 10.7 Å². The quantitative estimate of drug-likeness (QED) is 0.241. The number of hydrogen-bond donors (Lipinski definition) is 0. The Morgan fingerprint density at radius 3 is 1.92 bits per heavy atom. The first-order valence-electron chi connectivity index (χ1n) is 13.1. The fourth-order valence-corrected chi connectivity index (χ4v) is 4.81. The summed E-state index contributed by atoms with van der Waals surface area (Å²) in [4.78, 5) is 0.0108. The molecule has 0 bridgehead atoms. The molecule has 0 saturated heterocycles. The third kappa shape index (κ3) is 8.21. The molecule has 0 aliphatic heterocycles. The molecule has 0 aromatic heterocycles. The van der Waals surface area contributed by atoms with Crippen molar-refractivity contribution >= 4 is 25.3 Å². The van der Waals surface area contributed by atoms with Gasteiger partial charge in [0.1, 0.15) is 10.6 Å². The fraction of sp³-hybridized carbons (Fsp3) is 0.375. The van der Waals surface area contributed by atoms with Gasteiger partial charge in [0.2, 0.25) is 0 Å². The molecule has 3 aromatic carbocycles. The summed E-state index contributed by atoms with van der Waals surface area (Å²) >= 11 is 0. The first-order chi connectivity index (χ1) is 17.4. The highest BCUT2D eigenvalue weighted by atomic mass is 35.7. The largest absolute Gasteiger partial charge is 0.489 e. The smallest absolute Gasteiger partial charge is 0.264 e. The Bertz CT molecular complexity index is 1270. The van der Waals surface area contributed by atoms with Gasteiger partial charge < -0.3 is 4.74 Å². The first-order valence-corrected chi connectivity index (χ1v) is 15.4. The molecule has 0 heterocycles. The van der Waals surface area contributed by atoms with Crippen LogP contribution in [0.4, 0.5) is 0 Å². The molecule has 1 unspecified atom stereocenters. The highest BCUT2D eigenvalue weighted by Crippen LogP contribution is 2.31. The molecule has 0 N–H and O–H groups in total. The third-order valence-corrected chi connectivity index (χ3v) is 8.13. The van der Waals surface area contributed by atoms with Crippen molar-refractivity contribution in [2.75, 3.05) is 0 Å². The van der Waals surface area contributed by atoms with Crippen LogP contribution >= 0.6 is 10.7 Å². The second kappa shape index (κ2) is 13.3. The highest BCUT2D eigenvalue weighted by Gasteiger charge is 2.20. The molecule has 3 aromatic rings. The molecule has 37 heavy (non-hydrogen) atoms. The molecule has 1 atom stereocenters. The first kappa shape index (κ1) is 30.7. The zero-order valence-electron chi connectivity index (χ0n) is 23.3. The van der Waals surface area contributed by atoms with Crippen LogP contribution in [0.1, 0.15) is 89.1 Å². The van der Waals surface area contributed by atoms with E-state index in [4.69, 9.17) is 15.4 Å². The van der Waals surface area contributed by atoms with Crippen molar-refractivity contribution < 1.29 is 13.2 Å². The predicted molar refractivity (Wildman–Crippen MR) is 158 cm³/mol. The third-order valence-electron chi connectivity index (χ3n) is 6.78. The molecule has 200 valence electrons. The van der Waals surface area contributed by atoms with E-state index in [-0.39, 0.29) is 22.2 Å². The van der Waals surface area contributed by atoms with Crippen LogP contribution in [-0.4, -0.2) is 14.5 Å². The Balaban J connectivity index is 0.00000235. The van der Waals surface area contributed by atoms with Crippen LogP contribution in [0.25, 0.3) is 5.57 Å². The lowest BCUT2D eigenvalue weighted by Crippen LogP contribution is -2.15. The molecular weight excluding hydrogens is 500 g/mol. The number of rotatable bonds is 10. The molecule has 0 radical (unpaired) electrons. The van der Waals surface area contributed by atoms with Crippen LogP contribution in [0.3, 0.4) is 0 Å². The number of halogens is 1. The van der Waals surface area contributed by atoms with Gasteiger partial charge in [-0.2, -0.15) is 0 Å². The maximum Gasteiger partial charge on any atom is 0.264 e. The topological polar surface area (TPSA) is 43.4 Å². The van der Waals surface area contributed by atoms with E-state index in [2.05, 4.69) is 63.7 Å². The molecule has 0 fully saturated rings. The summed E-state index contributed by atoms with van der Waals surface area (Å²) in [6, 6.07) is 22.0. The van der Waals surface area contributed by atoms with E-state index in [0.29, 0.717) is 6.42 Å². The minimum Gasteiger partial charge on any atom is -0.489 e. The Labute approximate surface area is 229 Å². The van der Waals surface area contributed by atoms with Gasteiger partial charge in [-0.15, -0.1) is 0 Å². The maximum atomic E-state index is 12.2. The summed E-state index contributed by atoms with van der Waals surface area (Å²) in [6.07, 6.45) is 2.33. The molecular formula is C32H41ClO3S. The Morgan fingerprint density at radius 1 is 0.919 bits per heavy atom. The Morgan fingerprint density at radius 2 is 1.43 bits per heavy atom. The van der Waals surface area contributed by atoms with Gasteiger partial charge in [0.25, 0.3) is 9.05 Å². The van der Waals surface area contributed by atoms with Gasteiger partial charge in [0.15, 0.2) is 0 Å². The van der Waals surface area contributed by atoms with Gasteiger partial charge in [-0.3, -0.25) is 0 Å². The van der Waals surface area contributed by atoms with Crippen molar-refractivity contribution in [1.29, 1.82) is 0 Å². The maximum absolute atomic E-state index is 12.2. The van der Waals surface area contributed by atoms with Crippen LogP contribution < -0.4 is 4.74 Å². The summed E-state index contributed by atoms with van der Waals surface area (Å²) in [5.41, 5.74) is 6.52. The summed E-state index contributed by atoms with van der Waals surface area (Å²) in [5, 5.41) is 0. The average molecular weight is 541 g/mol. The fourth-order valence-electron chi connectivity index (χ4n) is 3.80. The van der Waals surface area contributed by atoms with E-state index in [1.54, 1.807) is 12.1 Å². The lowest BCUT2D eigenvalue weighted by Gasteiger charge is -2.23. The van der Waals surface area contributed by atoms with E-state index >= 15 is 0 Å². The molecule has 0 aliphatic rings. The van der Waals surface area contributed by atoms with Crippen molar-refractivity contribution in [2.24, 2.45) is 0 Å². The molecule has 5 heteroatoms. The van der Waals surface area contributed by atoms with Gasteiger partial charge >= 0.3 is 0 Å². The van der Waals surface area contributed by atoms with E-state index < -0.39 is 9.05 Å².